The molecular weight excluding hydrogens is 256 g/mol. The van der Waals surface area contributed by atoms with Crippen LogP contribution in [0.1, 0.15) is 13.8 Å². The number of likely N-dealkylation sites (N-methyl/N-ethyl adjacent to an activating group) is 2. The maximum Gasteiger partial charge on any atom is 0.143 e. The van der Waals surface area contributed by atoms with Crippen molar-refractivity contribution in [1.29, 1.82) is 0 Å². The summed E-state index contributed by atoms with van der Waals surface area (Å²) in [5.74, 6) is 0.557. The number of nitrogens with zero attached hydrogens (tertiary/aromatic N) is 3. The number of hydrogen-bond donors (Lipinski definition) is 1. The second-order valence-corrected chi connectivity index (χ2v) is 4.62. The van der Waals surface area contributed by atoms with Gasteiger partial charge in [0, 0.05) is 26.2 Å². The van der Waals surface area contributed by atoms with E-state index in [2.05, 4.69) is 23.9 Å². The summed E-state index contributed by atoms with van der Waals surface area (Å²) in [5, 5.41) is 3.05. The molecule has 0 aliphatic carbocycles. The van der Waals surface area contributed by atoms with Gasteiger partial charge in [-0.15, -0.1) is 4.91 Å². The number of nitroso groups, excluding NO2 is 1. The highest BCUT2D eigenvalue weighted by atomic mass is 16.5. The first-order valence-corrected chi connectivity index (χ1v) is 6.81. The molecule has 2 N–H and O–H groups in total. The molecule has 0 aliphatic heterocycles. The first kappa shape index (κ1) is 16.2. The van der Waals surface area contributed by atoms with Gasteiger partial charge in [0.2, 0.25) is 0 Å². The van der Waals surface area contributed by atoms with E-state index < -0.39 is 0 Å². The fourth-order valence-corrected chi connectivity index (χ4v) is 2.08. The number of hydrogen-bond acceptors (Lipinski definition) is 6. The van der Waals surface area contributed by atoms with Gasteiger partial charge in [0.1, 0.15) is 11.4 Å². The SMILES string of the molecule is CCN(CC)CCN(C)c1cc(OC)c(N)cc1N=O. The summed E-state index contributed by atoms with van der Waals surface area (Å²) in [6.45, 7) is 8.01. The van der Waals surface area contributed by atoms with Gasteiger partial charge in [-0.1, -0.05) is 13.8 Å². The van der Waals surface area contributed by atoms with E-state index in [-0.39, 0.29) is 0 Å². The zero-order valence-electron chi connectivity index (χ0n) is 12.7. The Bertz CT molecular complexity index is 447. The van der Waals surface area contributed by atoms with E-state index >= 15 is 0 Å². The Morgan fingerprint density at radius 3 is 2.40 bits per heavy atom. The molecule has 0 bridgehead atoms. The first-order chi connectivity index (χ1) is 9.57. The van der Waals surface area contributed by atoms with Crippen LogP contribution in [0.15, 0.2) is 17.3 Å². The molecule has 0 heterocycles. The molecule has 0 saturated heterocycles. The molecule has 0 atom stereocenters. The summed E-state index contributed by atoms with van der Waals surface area (Å²) >= 11 is 0. The quantitative estimate of drug-likeness (QED) is 0.585. The van der Waals surface area contributed by atoms with Crippen LogP contribution in [-0.2, 0) is 0 Å². The Kier molecular flexibility index (Phi) is 6.24. The van der Waals surface area contributed by atoms with Gasteiger partial charge in [-0.05, 0) is 24.3 Å². The van der Waals surface area contributed by atoms with Crippen molar-refractivity contribution in [1.82, 2.24) is 4.90 Å². The smallest absolute Gasteiger partial charge is 0.143 e. The predicted molar refractivity (Wildman–Crippen MR) is 83.9 cm³/mol. The van der Waals surface area contributed by atoms with Crippen molar-refractivity contribution in [2.75, 3.05) is 51.0 Å². The van der Waals surface area contributed by atoms with Gasteiger partial charge in [0.25, 0.3) is 0 Å². The van der Waals surface area contributed by atoms with Crippen molar-refractivity contribution in [2.24, 2.45) is 5.18 Å². The van der Waals surface area contributed by atoms with E-state index in [0.717, 1.165) is 31.9 Å². The lowest BCUT2D eigenvalue weighted by atomic mass is 10.2. The molecule has 0 spiro atoms. The summed E-state index contributed by atoms with van der Waals surface area (Å²) in [5.41, 5.74) is 7.28. The molecule has 0 fully saturated rings. The van der Waals surface area contributed by atoms with Crippen LogP contribution < -0.4 is 15.4 Å². The normalized spacial score (nSPS) is 10.7. The van der Waals surface area contributed by atoms with E-state index in [1.54, 1.807) is 19.2 Å². The molecule has 0 unspecified atom stereocenters. The fourth-order valence-electron chi connectivity index (χ4n) is 2.08. The molecule has 0 aliphatic rings. The van der Waals surface area contributed by atoms with Gasteiger partial charge in [0.15, 0.2) is 0 Å². The minimum Gasteiger partial charge on any atom is -0.495 e. The van der Waals surface area contributed by atoms with Gasteiger partial charge >= 0.3 is 0 Å². The number of methoxy groups -OCH3 is 1. The molecule has 6 nitrogen and oxygen atoms in total. The predicted octanol–water partition coefficient (Wildman–Crippen LogP) is 2.45. The van der Waals surface area contributed by atoms with Crippen molar-refractivity contribution in [2.45, 2.75) is 13.8 Å². The van der Waals surface area contributed by atoms with Gasteiger partial charge in [-0.25, -0.2) is 0 Å². The Morgan fingerprint density at radius 2 is 1.90 bits per heavy atom. The van der Waals surface area contributed by atoms with E-state index in [4.69, 9.17) is 10.5 Å². The topological polar surface area (TPSA) is 71.2 Å². The van der Waals surface area contributed by atoms with Crippen LogP contribution in [0.5, 0.6) is 5.75 Å². The average Bonchev–Trinajstić information content (AvgIpc) is 2.47. The van der Waals surface area contributed by atoms with Gasteiger partial charge in [-0.3, -0.25) is 0 Å². The van der Waals surface area contributed by atoms with E-state index in [1.807, 2.05) is 11.9 Å². The lowest BCUT2D eigenvalue weighted by Gasteiger charge is -2.25. The average molecular weight is 280 g/mol. The summed E-state index contributed by atoms with van der Waals surface area (Å²) < 4.78 is 5.20. The molecule has 0 aromatic heterocycles. The number of nitrogens with two attached hydrogens (primary N) is 1. The molecule has 6 heteroatoms. The molecule has 112 valence electrons. The van der Waals surface area contributed by atoms with Gasteiger partial charge < -0.3 is 20.3 Å². The van der Waals surface area contributed by atoms with E-state index in [1.165, 1.54) is 0 Å². The summed E-state index contributed by atoms with van der Waals surface area (Å²) in [6, 6.07) is 3.31. The van der Waals surface area contributed by atoms with E-state index in [0.29, 0.717) is 17.1 Å². The van der Waals surface area contributed by atoms with Crippen LogP contribution in [-0.4, -0.2) is 45.2 Å². The van der Waals surface area contributed by atoms with Crippen LogP contribution in [0.3, 0.4) is 0 Å². The minimum atomic E-state index is 0.338. The Labute approximate surface area is 120 Å². The largest absolute Gasteiger partial charge is 0.495 e. The molecule has 1 rings (SSSR count). The minimum absolute atomic E-state index is 0.338. The number of benzene rings is 1. The standard InChI is InChI=1S/C14H24N4O2/c1-5-18(6-2)8-7-17(3)13-10-14(20-4)11(15)9-12(13)16-19/h9-10H,5-8,15H2,1-4H3. The van der Waals surface area contributed by atoms with Crippen molar-refractivity contribution < 1.29 is 4.74 Å². The lowest BCUT2D eigenvalue weighted by molar-refractivity contribution is 0.311. The summed E-state index contributed by atoms with van der Waals surface area (Å²) in [6.07, 6.45) is 0. The highest BCUT2D eigenvalue weighted by Crippen LogP contribution is 2.36. The first-order valence-electron chi connectivity index (χ1n) is 6.81. The molecule has 0 radical (unpaired) electrons. The van der Waals surface area contributed by atoms with Crippen molar-refractivity contribution >= 4 is 17.1 Å². The lowest BCUT2D eigenvalue weighted by Crippen LogP contribution is -2.33. The maximum absolute atomic E-state index is 11.0. The number of nitrogen functional groups attached to an aromatic ring is 1. The van der Waals surface area contributed by atoms with Crippen LogP contribution >= 0.6 is 0 Å². The third kappa shape index (κ3) is 3.84. The van der Waals surface area contributed by atoms with Crippen molar-refractivity contribution in [3.8, 4) is 5.75 Å². The highest BCUT2D eigenvalue weighted by molar-refractivity contribution is 5.75. The molecule has 0 amide bonds. The zero-order chi connectivity index (χ0) is 15.1. The molecule has 20 heavy (non-hydrogen) atoms. The van der Waals surface area contributed by atoms with Crippen LogP contribution in [0, 0.1) is 4.91 Å². The summed E-state index contributed by atoms with van der Waals surface area (Å²) in [4.78, 5) is 15.3. The molecule has 0 saturated carbocycles. The Morgan fingerprint density at radius 1 is 1.25 bits per heavy atom. The molecular formula is C14H24N4O2. The second-order valence-electron chi connectivity index (χ2n) is 4.62. The van der Waals surface area contributed by atoms with Gasteiger partial charge in [-0.2, -0.15) is 0 Å². The number of anilines is 2. The number of ether oxygens (including phenoxy) is 1. The van der Waals surface area contributed by atoms with Crippen LogP contribution in [0.4, 0.5) is 17.1 Å². The second kappa shape index (κ2) is 7.69. The fraction of sp³-hybridized carbons (Fsp3) is 0.571. The Balaban J connectivity index is 2.90. The zero-order valence-corrected chi connectivity index (χ0v) is 12.7. The van der Waals surface area contributed by atoms with Crippen molar-refractivity contribution in [3.63, 3.8) is 0 Å². The number of rotatable bonds is 8. The summed E-state index contributed by atoms with van der Waals surface area (Å²) in [7, 11) is 3.49. The monoisotopic (exact) mass is 280 g/mol. The van der Waals surface area contributed by atoms with Gasteiger partial charge in [0.05, 0.1) is 18.5 Å². The van der Waals surface area contributed by atoms with Crippen LogP contribution in [0.2, 0.25) is 0 Å². The van der Waals surface area contributed by atoms with Crippen molar-refractivity contribution in [3.05, 3.63) is 17.0 Å². The highest BCUT2D eigenvalue weighted by Gasteiger charge is 2.13. The third-order valence-electron chi connectivity index (χ3n) is 3.48. The molecule has 1 aromatic rings. The third-order valence-corrected chi connectivity index (χ3v) is 3.48. The Hall–Kier alpha value is -1.82. The maximum atomic E-state index is 11.0. The van der Waals surface area contributed by atoms with Crippen LogP contribution in [0.25, 0.3) is 0 Å². The van der Waals surface area contributed by atoms with E-state index in [9.17, 15) is 4.91 Å². The molecule has 1 aromatic carbocycles.